The summed E-state index contributed by atoms with van der Waals surface area (Å²) >= 11 is 0. The highest BCUT2D eigenvalue weighted by Crippen LogP contribution is 2.33. The predicted molar refractivity (Wildman–Crippen MR) is 165 cm³/mol. The standard InChI is InChI=1S/C33H39N5O6/c1-21-27(43-3)17-16-24-28(21)35-29(22-13-9-8-10-14-22)36-31(24)44-23-19-26-30(39)34-25(32(40)41)15-11-6-4-5-7-12-18-37(2)33(42)38(26)20-23/h4,6,8-10,13-14,16-17,23,25-26H,5,7,11-12,15,18-20H2,1-3H3,(H,34,39)(H,40,41)/p+1. The molecule has 0 saturated carbocycles. The first kappa shape index (κ1) is 30.9. The van der Waals surface area contributed by atoms with Crippen molar-refractivity contribution in [2.75, 3.05) is 27.2 Å². The van der Waals surface area contributed by atoms with Gasteiger partial charge in [0, 0.05) is 24.7 Å². The first-order chi connectivity index (χ1) is 21.3. The van der Waals surface area contributed by atoms with Crippen LogP contribution in [0.2, 0.25) is 0 Å². The monoisotopic (exact) mass is 602 g/mol. The number of allylic oxidation sites excluding steroid dienone is 2. The van der Waals surface area contributed by atoms with E-state index in [0.29, 0.717) is 46.2 Å². The molecule has 0 spiro atoms. The van der Waals surface area contributed by atoms with Crippen molar-refractivity contribution in [2.45, 2.75) is 63.6 Å². The van der Waals surface area contributed by atoms with Crippen LogP contribution in [0.4, 0.5) is 4.79 Å². The Morgan fingerprint density at radius 1 is 1.07 bits per heavy atom. The number of methoxy groups -OCH3 is 1. The molecule has 3 heterocycles. The van der Waals surface area contributed by atoms with Gasteiger partial charge < -0.3 is 19.9 Å². The Balaban J connectivity index is 1.48. The number of carbonyl (C=O) groups excluding carboxylic acids is 2. The molecule has 1 saturated heterocycles. The van der Waals surface area contributed by atoms with Gasteiger partial charge in [0.15, 0.2) is 18.0 Å². The summed E-state index contributed by atoms with van der Waals surface area (Å²) in [6, 6.07) is 11.2. The number of carbonyl (C=O) groups is 3. The lowest BCUT2D eigenvalue weighted by Crippen LogP contribution is -3.19. The van der Waals surface area contributed by atoms with E-state index in [1.54, 1.807) is 19.1 Å². The number of urea groups is 1. The first-order valence-corrected chi connectivity index (χ1v) is 15.1. The number of ether oxygens (including phenoxy) is 2. The van der Waals surface area contributed by atoms with E-state index < -0.39 is 30.1 Å². The van der Waals surface area contributed by atoms with Gasteiger partial charge in [-0.25, -0.2) is 19.5 Å². The third-order valence-corrected chi connectivity index (χ3v) is 8.39. The molecule has 0 aliphatic carbocycles. The molecule has 232 valence electrons. The molecule has 2 aliphatic rings. The molecule has 4 unspecified atom stereocenters. The summed E-state index contributed by atoms with van der Waals surface area (Å²) in [7, 11) is 3.35. The van der Waals surface area contributed by atoms with Gasteiger partial charge in [-0.3, -0.25) is 9.69 Å². The third kappa shape index (κ3) is 6.83. The Labute approximate surface area is 256 Å². The van der Waals surface area contributed by atoms with Crippen molar-refractivity contribution in [3.63, 3.8) is 0 Å². The summed E-state index contributed by atoms with van der Waals surface area (Å²) in [5, 5.41) is 13.2. The lowest BCUT2D eigenvalue weighted by molar-refractivity contribution is -0.823. The zero-order valence-electron chi connectivity index (χ0n) is 25.4. The first-order valence-electron chi connectivity index (χ1n) is 15.1. The van der Waals surface area contributed by atoms with Crippen molar-refractivity contribution < 1.29 is 33.9 Å². The minimum absolute atomic E-state index is 0.216. The summed E-state index contributed by atoms with van der Waals surface area (Å²) in [5.41, 5.74) is 2.34. The molecular formula is C33H40N5O6+. The van der Waals surface area contributed by atoms with Gasteiger partial charge in [-0.1, -0.05) is 42.5 Å². The van der Waals surface area contributed by atoms with Crippen LogP contribution in [-0.4, -0.2) is 83.3 Å². The van der Waals surface area contributed by atoms with Crippen molar-refractivity contribution in [3.05, 3.63) is 60.2 Å². The molecule has 3 N–H and O–H groups in total. The number of carboxylic acids is 1. The molecule has 11 nitrogen and oxygen atoms in total. The fourth-order valence-corrected chi connectivity index (χ4v) is 5.92. The fraction of sp³-hybridized carbons (Fsp3) is 0.424. The predicted octanol–water partition coefficient (Wildman–Crippen LogP) is 3.16. The Kier molecular flexibility index (Phi) is 9.74. The number of aliphatic carboxylic acids is 1. The van der Waals surface area contributed by atoms with Crippen molar-refractivity contribution in [1.29, 1.82) is 0 Å². The van der Waals surface area contributed by atoms with Crippen molar-refractivity contribution in [3.8, 4) is 23.0 Å². The molecule has 1 fully saturated rings. The Morgan fingerprint density at radius 3 is 2.59 bits per heavy atom. The maximum Gasteiger partial charge on any atom is 0.417 e. The molecule has 2 aromatic carbocycles. The van der Waals surface area contributed by atoms with Crippen LogP contribution in [0.15, 0.2) is 54.6 Å². The molecule has 1 aromatic heterocycles. The summed E-state index contributed by atoms with van der Waals surface area (Å²) < 4.78 is 12.1. The second kappa shape index (κ2) is 13.9. The molecule has 5 rings (SSSR count). The smallest absolute Gasteiger partial charge is 0.417 e. The molecule has 0 radical (unpaired) electrons. The van der Waals surface area contributed by atoms with Gasteiger partial charge in [-0.15, -0.1) is 0 Å². The molecule has 3 amide bonds. The van der Waals surface area contributed by atoms with E-state index in [4.69, 9.17) is 19.4 Å². The zero-order valence-corrected chi connectivity index (χ0v) is 25.4. The SMILES string of the molecule is COc1ccc2c(OC3CC4C(=O)NC(C(=O)O)CCC=CCCCCN(C)C(=O)[NH+]4C3)nc(-c3ccccc3)nc2c1C. The number of aryl methyl sites for hydroxylation is 1. The van der Waals surface area contributed by atoms with Gasteiger partial charge in [0.1, 0.15) is 18.3 Å². The van der Waals surface area contributed by atoms with E-state index in [1.165, 1.54) is 0 Å². The van der Waals surface area contributed by atoms with E-state index in [-0.39, 0.29) is 25.4 Å². The number of quaternary nitrogens is 1. The van der Waals surface area contributed by atoms with E-state index in [0.717, 1.165) is 30.4 Å². The average molecular weight is 603 g/mol. The van der Waals surface area contributed by atoms with E-state index in [1.807, 2.05) is 61.5 Å². The molecule has 4 atom stereocenters. The largest absolute Gasteiger partial charge is 0.496 e. The highest BCUT2D eigenvalue weighted by Gasteiger charge is 2.48. The van der Waals surface area contributed by atoms with E-state index >= 15 is 0 Å². The number of fused-ring (bicyclic) bond motifs is 2. The zero-order chi connectivity index (χ0) is 31.2. The summed E-state index contributed by atoms with van der Waals surface area (Å²) in [5.74, 6) is -0.0541. The lowest BCUT2D eigenvalue weighted by atomic mass is 10.1. The minimum atomic E-state index is -1.10. The molecule has 3 aromatic rings. The number of rotatable bonds is 5. The number of nitrogens with zero attached hydrogens (tertiary/aromatic N) is 3. The maximum absolute atomic E-state index is 13.7. The van der Waals surface area contributed by atoms with Gasteiger partial charge in [0.2, 0.25) is 5.88 Å². The van der Waals surface area contributed by atoms with Crippen LogP contribution in [0.25, 0.3) is 22.3 Å². The van der Waals surface area contributed by atoms with E-state index in [9.17, 15) is 19.5 Å². The van der Waals surface area contributed by atoms with Gasteiger partial charge in [-0.05, 0) is 51.2 Å². The van der Waals surface area contributed by atoms with Crippen LogP contribution in [0, 0.1) is 6.92 Å². The Hall–Kier alpha value is -4.51. The maximum atomic E-state index is 13.7. The topological polar surface area (TPSA) is 135 Å². The number of aromatic nitrogens is 2. The summed E-state index contributed by atoms with van der Waals surface area (Å²) in [6.07, 6.45) is 7.07. The normalized spacial score (nSPS) is 23.4. The molecule has 11 heteroatoms. The van der Waals surface area contributed by atoms with Crippen molar-refractivity contribution in [1.82, 2.24) is 20.2 Å². The van der Waals surface area contributed by atoms with Gasteiger partial charge in [-0.2, -0.15) is 4.98 Å². The van der Waals surface area contributed by atoms with E-state index in [2.05, 4.69) is 5.32 Å². The van der Waals surface area contributed by atoms with Crippen LogP contribution in [0.5, 0.6) is 11.6 Å². The Morgan fingerprint density at radius 2 is 1.84 bits per heavy atom. The number of benzene rings is 2. The highest BCUT2D eigenvalue weighted by molar-refractivity contribution is 5.90. The third-order valence-electron chi connectivity index (χ3n) is 8.39. The number of nitrogens with one attached hydrogen (secondary N) is 2. The Bertz CT molecular complexity index is 1540. The molecule has 44 heavy (non-hydrogen) atoms. The van der Waals surface area contributed by atoms with Crippen LogP contribution in [0.3, 0.4) is 0 Å². The average Bonchev–Trinajstić information content (AvgIpc) is 3.45. The van der Waals surface area contributed by atoms with Crippen LogP contribution < -0.4 is 19.7 Å². The van der Waals surface area contributed by atoms with Crippen LogP contribution >= 0.6 is 0 Å². The lowest BCUT2D eigenvalue weighted by Gasteiger charge is -2.24. The minimum Gasteiger partial charge on any atom is -0.496 e. The molecule has 2 aliphatic heterocycles. The van der Waals surface area contributed by atoms with Gasteiger partial charge >= 0.3 is 12.0 Å². The quantitative estimate of drug-likeness (QED) is 0.379. The number of carboxylic acid groups (broad SMARTS) is 1. The number of amides is 3. The fourth-order valence-electron chi connectivity index (χ4n) is 5.92. The highest BCUT2D eigenvalue weighted by atomic mass is 16.5. The second-order valence-corrected chi connectivity index (χ2v) is 11.4. The number of hydrogen-bond donors (Lipinski definition) is 3. The second-order valence-electron chi connectivity index (χ2n) is 11.4. The van der Waals surface area contributed by atoms with Crippen molar-refractivity contribution in [2.24, 2.45) is 0 Å². The molecule has 0 bridgehead atoms. The summed E-state index contributed by atoms with van der Waals surface area (Å²) in [6.45, 7) is 2.71. The summed E-state index contributed by atoms with van der Waals surface area (Å²) in [4.78, 5) is 51.0. The molecular weight excluding hydrogens is 562 g/mol. The van der Waals surface area contributed by atoms with Gasteiger partial charge in [0.25, 0.3) is 5.91 Å². The number of hydrogen-bond acceptors (Lipinski definition) is 7. The van der Waals surface area contributed by atoms with Gasteiger partial charge in [0.05, 0.1) is 24.4 Å². The van der Waals surface area contributed by atoms with Crippen molar-refractivity contribution >= 4 is 28.8 Å². The van der Waals surface area contributed by atoms with Crippen LogP contribution in [-0.2, 0) is 9.59 Å². The van der Waals surface area contributed by atoms with Crippen LogP contribution in [0.1, 0.15) is 44.1 Å².